The molecule has 0 bridgehead atoms. The Morgan fingerprint density at radius 2 is 2.06 bits per heavy atom. The molecule has 88 valence electrons. The van der Waals surface area contributed by atoms with E-state index in [1.165, 1.54) is 18.2 Å². The van der Waals surface area contributed by atoms with Crippen LogP contribution >= 0.6 is 26.6 Å². The monoisotopic (exact) mass is 326 g/mol. The molecule has 0 amide bonds. The van der Waals surface area contributed by atoms with Crippen LogP contribution < -0.4 is 0 Å². The van der Waals surface area contributed by atoms with Gasteiger partial charge in [0.1, 0.15) is 0 Å². The van der Waals surface area contributed by atoms with Gasteiger partial charge in [0.25, 0.3) is 9.05 Å². The highest BCUT2D eigenvalue weighted by Crippen LogP contribution is 2.22. The van der Waals surface area contributed by atoms with E-state index < -0.39 is 15.0 Å². The summed E-state index contributed by atoms with van der Waals surface area (Å²) in [6.45, 7) is 1.88. The number of ether oxygens (including phenoxy) is 1. The molecular formula is C9H8BrClO4S. The van der Waals surface area contributed by atoms with E-state index in [4.69, 9.17) is 15.4 Å². The van der Waals surface area contributed by atoms with Gasteiger partial charge in [-0.3, -0.25) is 0 Å². The number of carbonyl (C=O) groups is 1. The van der Waals surface area contributed by atoms with Crippen molar-refractivity contribution >= 4 is 41.6 Å². The zero-order valence-electron chi connectivity index (χ0n) is 8.24. The second kappa shape index (κ2) is 5.16. The van der Waals surface area contributed by atoms with Gasteiger partial charge in [-0.25, -0.2) is 13.2 Å². The summed E-state index contributed by atoms with van der Waals surface area (Å²) in [5.74, 6) is -0.592. The van der Waals surface area contributed by atoms with Gasteiger partial charge in [0.15, 0.2) is 0 Å². The van der Waals surface area contributed by atoms with Gasteiger partial charge in [-0.15, -0.1) is 0 Å². The van der Waals surface area contributed by atoms with Crippen molar-refractivity contribution < 1.29 is 17.9 Å². The summed E-state index contributed by atoms with van der Waals surface area (Å²) in [6.07, 6.45) is 0. The molecule has 1 rings (SSSR count). The molecule has 0 aliphatic carbocycles. The Morgan fingerprint density at radius 3 is 2.56 bits per heavy atom. The highest BCUT2D eigenvalue weighted by molar-refractivity contribution is 9.10. The Labute approximate surface area is 106 Å². The van der Waals surface area contributed by atoms with Gasteiger partial charge in [-0.2, -0.15) is 0 Å². The lowest BCUT2D eigenvalue weighted by Crippen LogP contribution is -2.05. The predicted octanol–water partition coefficient (Wildman–Crippen LogP) is 2.55. The number of rotatable bonds is 3. The summed E-state index contributed by atoms with van der Waals surface area (Å²) >= 11 is 3.09. The van der Waals surface area contributed by atoms with Crippen molar-refractivity contribution in [2.24, 2.45) is 0 Å². The Bertz CT molecular complexity index is 512. The van der Waals surface area contributed by atoms with Crippen molar-refractivity contribution in [2.45, 2.75) is 11.8 Å². The summed E-state index contributed by atoms with van der Waals surface area (Å²) < 4.78 is 27.4. The summed E-state index contributed by atoms with van der Waals surface area (Å²) in [7, 11) is 1.32. The Hall–Kier alpha value is -0.590. The second-order valence-corrected chi connectivity index (χ2v) is 6.32. The van der Waals surface area contributed by atoms with E-state index in [-0.39, 0.29) is 17.1 Å². The third-order valence-electron chi connectivity index (χ3n) is 1.66. The lowest BCUT2D eigenvalue weighted by Gasteiger charge is -2.04. The van der Waals surface area contributed by atoms with Crippen LogP contribution in [0.4, 0.5) is 0 Å². The molecule has 0 radical (unpaired) electrons. The lowest BCUT2D eigenvalue weighted by atomic mass is 10.2. The molecule has 0 spiro atoms. The second-order valence-electron chi connectivity index (χ2n) is 2.83. The molecule has 7 heteroatoms. The summed E-state index contributed by atoms with van der Waals surface area (Å²) in [5, 5.41) is 0. The standard InChI is InChI=1S/C9H8BrClO4S/c1-2-15-9(12)6-3-7(10)5-8(4-6)16(11,13)14/h3-5H,2H2,1H3. The van der Waals surface area contributed by atoms with Crippen LogP contribution in [-0.2, 0) is 13.8 Å². The molecule has 0 heterocycles. The minimum Gasteiger partial charge on any atom is -0.462 e. The first-order valence-electron chi connectivity index (χ1n) is 4.27. The largest absolute Gasteiger partial charge is 0.462 e. The molecule has 0 aliphatic heterocycles. The molecule has 0 saturated carbocycles. The number of esters is 1. The average molecular weight is 328 g/mol. The minimum atomic E-state index is -3.86. The molecule has 1 aromatic carbocycles. The van der Waals surface area contributed by atoms with E-state index in [2.05, 4.69) is 15.9 Å². The van der Waals surface area contributed by atoms with E-state index >= 15 is 0 Å². The van der Waals surface area contributed by atoms with Crippen LogP contribution in [0.2, 0.25) is 0 Å². The zero-order valence-corrected chi connectivity index (χ0v) is 11.4. The van der Waals surface area contributed by atoms with Gasteiger partial charge in [-0.05, 0) is 25.1 Å². The van der Waals surface area contributed by atoms with Crippen LogP contribution in [0.15, 0.2) is 27.6 Å². The highest BCUT2D eigenvalue weighted by atomic mass is 79.9. The van der Waals surface area contributed by atoms with Crippen LogP contribution in [-0.4, -0.2) is 21.0 Å². The maximum absolute atomic E-state index is 11.4. The van der Waals surface area contributed by atoms with E-state index in [0.717, 1.165) is 0 Å². The van der Waals surface area contributed by atoms with Gasteiger partial charge in [0.2, 0.25) is 0 Å². The molecule has 0 unspecified atom stereocenters. The van der Waals surface area contributed by atoms with Gasteiger partial charge in [0.05, 0.1) is 17.1 Å². The third-order valence-corrected chi connectivity index (χ3v) is 3.46. The molecule has 1 aromatic rings. The van der Waals surface area contributed by atoms with E-state index in [0.29, 0.717) is 4.47 Å². The van der Waals surface area contributed by atoms with E-state index in [1.54, 1.807) is 6.92 Å². The van der Waals surface area contributed by atoms with Crippen molar-refractivity contribution in [3.63, 3.8) is 0 Å². The van der Waals surface area contributed by atoms with Gasteiger partial charge >= 0.3 is 5.97 Å². The summed E-state index contributed by atoms with van der Waals surface area (Å²) in [6, 6.07) is 3.94. The van der Waals surface area contributed by atoms with Crippen molar-refractivity contribution in [3.8, 4) is 0 Å². The predicted molar refractivity (Wildman–Crippen MR) is 63.1 cm³/mol. The van der Waals surface area contributed by atoms with Crippen LogP contribution in [0.25, 0.3) is 0 Å². The average Bonchev–Trinajstić information content (AvgIpc) is 2.16. The van der Waals surface area contributed by atoms with Gasteiger partial charge in [-0.1, -0.05) is 15.9 Å². The Morgan fingerprint density at radius 1 is 1.44 bits per heavy atom. The molecule has 0 atom stereocenters. The number of hydrogen-bond donors (Lipinski definition) is 0. The number of halogens is 2. The summed E-state index contributed by atoms with van der Waals surface area (Å²) in [4.78, 5) is 11.2. The van der Waals surface area contributed by atoms with Crippen LogP contribution in [0.1, 0.15) is 17.3 Å². The first-order chi connectivity index (χ1) is 7.34. The molecule has 0 aromatic heterocycles. The normalized spacial score (nSPS) is 11.2. The molecule has 16 heavy (non-hydrogen) atoms. The molecule has 0 aliphatic rings. The fourth-order valence-corrected chi connectivity index (χ4v) is 2.48. The topological polar surface area (TPSA) is 60.4 Å². The molecular weight excluding hydrogens is 320 g/mol. The number of benzene rings is 1. The van der Waals surface area contributed by atoms with Gasteiger partial charge < -0.3 is 4.74 Å². The van der Waals surface area contributed by atoms with Crippen LogP contribution in [0.5, 0.6) is 0 Å². The Balaban J connectivity index is 3.24. The number of carbonyl (C=O) groups excluding carboxylic acids is 1. The van der Waals surface area contributed by atoms with Crippen LogP contribution in [0.3, 0.4) is 0 Å². The SMILES string of the molecule is CCOC(=O)c1cc(Br)cc(S(=O)(=O)Cl)c1. The Kier molecular flexibility index (Phi) is 4.35. The van der Waals surface area contributed by atoms with Crippen molar-refractivity contribution in [3.05, 3.63) is 28.2 Å². The molecule has 0 N–H and O–H groups in total. The molecule has 0 fully saturated rings. The fraction of sp³-hybridized carbons (Fsp3) is 0.222. The maximum Gasteiger partial charge on any atom is 0.338 e. The first kappa shape index (κ1) is 13.5. The van der Waals surface area contributed by atoms with Crippen LogP contribution in [0, 0.1) is 0 Å². The maximum atomic E-state index is 11.4. The van der Waals surface area contributed by atoms with Crippen molar-refractivity contribution in [1.82, 2.24) is 0 Å². The zero-order chi connectivity index (χ0) is 12.3. The minimum absolute atomic E-state index is 0.135. The third kappa shape index (κ3) is 3.47. The molecule has 4 nitrogen and oxygen atoms in total. The summed E-state index contributed by atoms with van der Waals surface area (Å²) in [5.41, 5.74) is 0.135. The van der Waals surface area contributed by atoms with Crippen molar-refractivity contribution in [2.75, 3.05) is 6.61 Å². The fourth-order valence-electron chi connectivity index (χ4n) is 1.04. The highest BCUT2D eigenvalue weighted by Gasteiger charge is 2.15. The molecule has 0 saturated heterocycles. The van der Waals surface area contributed by atoms with Crippen molar-refractivity contribution in [1.29, 1.82) is 0 Å². The van der Waals surface area contributed by atoms with E-state index in [1.807, 2.05) is 0 Å². The quantitative estimate of drug-likeness (QED) is 0.632. The lowest BCUT2D eigenvalue weighted by molar-refractivity contribution is 0.0526. The number of hydrogen-bond acceptors (Lipinski definition) is 4. The first-order valence-corrected chi connectivity index (χ1v) is 7.37. The van der Waals surface area contributed by atoms with E-state index in [9.17, 15) is 13.2 Å². The smallest absolute Gasteiger partial charge is 0.338 e. The van der Waals surface area contributed by atoms with Gasteiger partial charge in [0, 0.05) is 15.2 Å².